The maximum absolute atomic E-state index is 4.49. The van der Waals surface area contributed by atoms with E-state index >= 15 is 0 Å². The molecule has 0 aliphatic carbocycles. The number of aromatic nitrogens is 2. The summed E-state index contributed by atoms with van der Waals surface area (Å²) in [6, 6.07) is 18.7. The van der Waals surface area contributed by atoms with Crippen molar-refractivity contribution in [2.45, 2.75) is 19.8 Å². The maximum atomic E-state index is 4.49. The Morgan fingerprint density at radius 1 is 0.762 bits per heavy atom. The molecule has 0 atom stereocenters. The number of benzene rings is 2. The minimum Gasteiger partial charge on any atom is -0.236 e. The van der Waals surface area contributed by atoms with Gasteiger partial charge in [-0.25, -0.2) is 9.97 Å². The molecule has 0 amide bonds. The van der Waals surface area contributed by atoms with Crippen LogP contribution in [0.3, 0.4) is 0 Å². The molecule has 1 heterocycles. The van der Waals surface area contributed by atoms with Crippen LogP contribution in [0.25, 0.3) is 22.5 Å². The Morgan fingerprint density at radius 2 is 1.43 bits per heavy atom. The zero-order valence-electron chi connectivity index (χ0n) is 12.2. The smallest absolute Gasteiger partial charge is 0.159 e. The lowest BCUT2D eigenvalue weighted by molar-refractivity contribution is 0.902. The van der Waals surface area contributed by atoms with Crippen molar-refractivity contribution < 1.29 is 0 Å². The highest BCUT2D eigenvalue weighted by molar-refractivity contribution is 5.70. The second kappa shape index (κ2) is 6.31. The summed E-state index contributed by atoms with van der Waals surface area (Å²) in [5.41, 5.74) is 4.65. The lowest BCUT2D eigenvalue weighted by Crippen LogP contribution is -1.92. The van der Waals surface area contributed by atoms with Crippen LogP contribution in [0.2, 0.25) is 0 Å². The van der Waals surface area contributed by atoms with E-state index in [2.05, 4.69) is 65.4 Å². The molecule has 2 aromatic carbocycles. The van der Waals surface area contributed by atoms with Crippen molar-refractivity contribution in [2.75, 3.05) is 0 Å². The number of rotatable bonds is 4. The number of hydrogen-bond acceptors (Lipinski definition) is 2. The van der Waals surface area contributed by atoms with Crippen LogP contribution in [-0.2, 0) is 6.42 Å². The van der Waals surface area contributed by atoms with Crippen molar-refractivity contribution in [3.8, 4) is 22.5 Å². The van der Waals surface area contributed by atoms with Crippen molar-refractivity contribution >= 4 is 0 Å². The molecule has 0 aliphatic heterocycles. The summed E-state index contributed by atoms with van der Waals surface area (Å²) in [6.07, 6.45) is 6.01. The number of hydrogen-bond donors (Lipinski definition) is 0. The van der Waals surface area contributed by atoms with Gasteiger partial charge in [0.25, 0.3) is 0 Å². The Balaban J connectivity index is 1.92. The van der Waals surface area contributed by atoms with Gasteiger partial charge in [-0.1, -0.05) is 61.9 Å². The molecule has 0 fully saturated rings. The van der Waals surface area contributed by atoms with E-state index in [-0.39, 0.29) is 0 Å². The van der Waals surface area contributed by atoms with E-state index < -0.39 is 0 Å². The molecule has 2 nitrogen and oxygen atoms in total. The first kappa shape index (κ1) is 13.5. The van der Waals surface area contributed by atoms with Gasteiger partial charge in [0.1, 0.15) is 0 Å². The summed E-state index contributed by atoms with van der Waals surface area (Å²) >= 11 is 0. The van der Waals surface area contributed by atoms with Crippen molar-refractivity contribution in [2.24, 2.45) is 0 Å². The highest BCUT2D eigenvalue weighted by Gasteiger charge is 2.04. The third-order valence-electron chi connectivity index (χ3n) is 3.47. The van der Waals surface area contributed by atoms with E-state index in [1.165, 1.54) is 16.7 Å². The molecule has 104 valence electrons. The zero-order valence-corrected chi connectivity index (χ0v) is 12.2. The molecule has 0 aliphatic rings. The van der Waals surface area contributed by atoms with Gasteiger partial charge in [-0.15, -0.1) is 0 Å². The molecule has 0 unspecified atom stereocenters. The Kier molecular flexibility index (Phi) is 4.06. The van der Waals surface area contributed by atoms with Gasteiger partial charge in [-0.3, -0.25) is 0 Å². The minimum atomic E-state index is 0.785. The molecular weight excluding hydrogens is 256 g/mol. The van der Waals surface area contributed by atoms with Gasteiger partial charge >= 0.3 is 0 Å². The molecule has 0 saturated carbocycles. The molecule has 3 aromatic rings. The molecule has 0 saturated heterocycles. The molecule has 1 aromatic heterocycles. The summed E-state index contributed by atoms with van der Waals surface area (Å²) in [6.45, 7) is 2.16. The third-order valence-corrected chi connectivity index (χ3v) is 3.47. The largest absolute Gasteiger partial charge is 0.236 e. The van der Waals surface area contributed by atoms with Gasteiger partial charge in [0.05, 0.1) is 0 Å². The Labute approximate surface area is 125 Å². The first-order chi connectivity index (χ1) is 10.4. The Bertz CT molecular complexity index is 703. The first-order valence-corrected chi connectivity index (χ1v) is 7.33. The van der Waals surface area contributed by atoms with Crippen molar-refractivity contribution in [3.05, 3.63) is 72.6 Å². The molecular formula is C19H18N2. The molecule has 0 radical (unpaired) electrons. The summed E-state index contributed by atoms with van der Waals surface area (Å²) in [7, 11) is 0. The van der Waals surface area contributed by atoms with E-state index in [9.17, 15) is 0 Å². The van der Waals surface area contributed by atoms with E-state index in [4.69, 9.17) is 0 Å². The van der Waals surface area contributed by atoms with Crippen LogP contribution < -0.4 is 0 Å². The fourth-order valence-corrected chi connectivity index (χ4v) is 2.39. The van der Waals surface area contributed by atoms with Crippen molar-refractivity contribution in [1.29, 1.82) is 0 Å². The topological polar surface area (TPSA) is 25.8 Å². The van der Waals surface area contributed by atoms with Gasteiger partial charge in [0.2, 0.25) is 0 Å². The lowest BCUT2D eigenvalue weighted by atomic mass is 10.0. The highest BCUT2D eigenvalue weighted by atomic mass is 14.9. The first-order valence-electron chi connectivity index (χ1n) is 7.33. The second-order valence-electron chi connectivity index (χ2n) is 5.11. The van der Waals surface area contributed by atoms with Gasteiger partial charge in [0.15, 0.2) is 5.82 Å². The Hall–Kier alpha value is -2.48. The standard InChI is InChI=1S/C19H18N2/c1-2-7-15-13-20-19(21-14-15)18-11-6-10-17(12-18)16-8-4-3-5-9-16/h3-6,8-14H,2,7H2,1H3. The highest BCUT2D eigenvalue weighted by Crippen LogP contribution is 2.24. The summed E-state index contributed by atoms with van der Waals surface area (Å²) in [5.74, 6) is 0.785. The van der Waals surface area contributed by atoms with Gasteiger partial charge in [0, 0.05) is 18.0 Å². The average molecular weight is 274 g/mol. The monoisotopic (exact) mass is 274 g/mol. The molecule has 21 heavy (non-hydrogen) atoms. The van der Waals surface area contributed by atoms with Crippen LogP contribution in [0.15, 0.2) is 67.0 Å². The molecule has 3 rings (SSSR count). The minimum absolute atomic E-state index is 0.785. The van der Waals surface area contributed by atoms with Crippen LogP contribution in [-0.4, -0.2) is 9.97 Å². The van der Waals surface area contributed by atoms with Gasteiger partial charge < -0.3 is 0 Å². The predicted octanol–water partition coefficient (Wildman–Crippen LogP) is 4.76. The molecule has 0 spiro atoms. The van der Waals surface area contributed by atoms with Crippen molar-refractivity contribution in [1.82, 2.24) is 9.97 Å². The van der Waals surface area contributed by atoms with E-state index in [0.29, 0.717) is 0 Å². The van der Waals surface area contributed by atoms with Crippen LogP contribution in [0.4, 0.5) is 0 Å². The van der Waals surface area contributed by atoms with Gasteiger partial charge in [-0.2, -0.15) is 0 Å². The molecule has 0 N–H and O–H groups in total. The second-order valence-corrected chi connectivity index (χ2v) is 5.11. The van der Waals surface area contributed by atoms with Crippen LogP contribution in [0.5, 0.6) is 0 Å². The van der Waals surface area contributed by atoms with E-state index in [0.717, 1.165) is 24.2 Å². The SMILES string of the molecule is CCCc1cnc(-c2cccc(-c3ccccc3)c2)nc1. The fraction of sp³-hybridized carbons (Fsp3) is 0.158. The van der Waals surface area contributed by atoms with E-state index in [1.807, 2.05) is 18.5 Å². The third kappa shape index (κ3) is 3.16. The molecule has 2 heteroatoms. The zero-order chi connectivity index (χ0) is 14.5. The quantitative estimate of drug-likeness (QED) is 0.685. The van der Waals surface area contributed by atoms with Crippen LogP contribution >= 0.6 is 0 Å². The summed E-state index contributed by atoms with van der Waals surface area (Å²) < 4.78 is 0. The normalized spacial score (nSPS) is 10.5. The molecule has 0 bridgehead atoms. The Morgan fingerprint density at radius 3 is 2.14 bits per heavy atom. The summed E-state index contributed by atoms with van der Waals surface area (Å²) in [5, 5.41) is 0. The predicted molar refractivity (Wildman–Crippen MR) is 86.9 cm³/mol. The fourth-order valence-electron chi connectivity index (χ4n) is 2.39. The van der Waals surface area contributed by atoms with Gasteiger partial charge in [-0.05, 0) is 29.2 Å². The van der Waals surface area contributed by atoms with Crippen LogP contribution in [0, 0.1) is 0 Å². The van der Waals surface area contributed by atoms with Crippen molar-refractivity contribution in [3.63, 3.8) is 0 Å². The maximum Gasteiger partial charge on any atom is 0.159 e. The number of nitrogens with zero attached hydrogens (tertiary/aromatic N) is 2. The number of aryl methyl sites for hydroxylation is 1. The summed E-state index contributed by atoms with van der Waals surface area (Å²) in [4.78, 5) is 8.98. The average Bonchev–Trinajstić information content (AvgIpc) is 2.57. The van der Waals surface area contributed by atoms with E-state index in [1.54, 1.807) is 0 Å². The van der Waals surface area contributed by atoms with Crippen LogP contribution in [0.1, 0.15) is 18.9 Å². The lowest BCUT2D eigenvalue weighted by Gasteiger charge is -2.05.